The lowest BCUT2D eigenvalue weighted by atomic mass is 10.4. The van der Waals surface area contributed by atoms with Crippen molar-refractivity contribution in [3.63, 3.8) is 0 Å². The van der Waals surface area contributed by atoms with E-state index in [4.69, 9.17) is 4.42 Å². The molecule has 0 N–H and O–H groups in total. The minimum atomic E-state index is -0.182. The molecule has 0 fully saturated rings. The molecule has 0 saturated heterocycles. The summed E-state index contributed by atoms with van der Waals surface area (Å²) in [5, 5.41) is 0. The van der Waals surface area contributed by atoms with Crippen molar-refractivity contribution in [2.75, 3.05) is 7.05 Å². The summed E-state index contributed by atoms with van der Waals surface area (Å²) in [5.74, 6) is 1.41. The Labute approximate surface area is 111 Å². The number of carbonyl (C=O) groups excluding carboxylic acids is 1. The highest BCUT2D eigenvalue weighted by Gasteiger charge is 2.12. The number of amides is 1. The zero-order valence-corrected chi connectivity index (χ0v) is 11.0. The predicted octanol–water partition coefficient (Wildman–Crippen LogP) is 1.41. The van der Waals surface area contributed by atoms with E-state index in [1.165, 1.54) is 15.5 Å². The first kappa shape index (κ1) is 13.1. The number of pyridine rings is 1. The standard InChI is InChI=1S/C14H16N2O3/c1-11-6-7-12(19-11)9-15(2)14(18)10-16-8-4-3-5-13(16)17/h3-8H,9-10H2,1-2H3. The number of hydrogen-bond acceptors (Lipinski definition) is 3. The van der Waals surface area contributed by atoms with Gasteiger partial charge in [0.2, 0.25) is 5.91 Å². The molecule has 0 aromatic carbocycles. The van der Waals surface area contributed by atoms with Gasteiger partial charge >= 0.3 is 0 Å². The number of rotatable bonds is 4. The second-order valence-corrected chi connectivity index (χ2v) is 4.43. The lowest BCUT2D eigenvalue weighted by Crippen LogP contribution is -2.33. The number of aryl methyl sites for hydroxylation is 1. The molecule has 0 saturated carbocycles. The molecule has 5 nitrogen and oxygen atoms in total. The highest BCUT2D eigenvalue weighted by Crippen LogP contribution is 2.08. The van der Waals surface area contributed by atoms with Crippen LogP contribution in [0.3, 0.4) is 0 Å². The van der Waals surface area contributed by atoms with Crippen LogP contribution < -0.4 is 5.56 Å². The minimum absolute atomic E-state index is 0.0376. The molecular weight excluding hydrogens is 244 g/mol. The Morgan fingerprint density at radius 1 is 1.32 bits per heavy atom. The molecule has 0 bridgehead atoms. The van der Waals surface area contributed by atoms with Crippen LogP contribution in [0.1, 0.15) is 11.5 Å². The molecule has 0 aliphatic carbocycles. The Morgan fingerprint density at radius 2 is 2.11 bits per heavy atom. The molecule has 2 aromatic rings. The fourth-order valence-electron chi connectivity index (χ4n) is 1.75. The van der Waals surface area contributed by atoms with Gasteiger partial charge in [0.25, 0.3) is 5.56 Å². The summed E-state index contributed by atoms with van der Waals surface area (Å²) in [4.78, 5) is 25.1. The molecule has 0 spiro atoms. The highest BCUT2D eigenvalue weighted by atomic mass is 16.3. The van der Waals surface area contributed by atoms with E-state index in [0.717, 1.165) is 11.5 Å². The van der Waals surface area contributed by atoms with Gasteiger partial charge in [-0.15, -0.1) is 0 Å². The van der Waals surface area contributed by atoms with Gasteiger partial charge in [0, 0.05) is 19.3 Å². The lowest BCUT2D eigenvalue weighted by Gasteiger charge is -2.16. The van der Waals surface area contributed by atoms with E-state index in [-0.39, 0.29) is 18.0 Å². The van der Waals surface area contributed by atoms with E-state index in [1.807, 2.05) is 19.1 Å². The molecule has 0 aliphatic heterocycles. The highest BCUT2D eigenvalue weighted by molar-refractivity contribution is 5.75. The third-order valence-corrected chi connectivity index (χ3v) is 2.82. The molecule has 0 aliphatic rings. The van der Waals surface area contributed by atoms with E-state index < -0.39 is 0 Å². The van der Waals surface area contributed by atoms with Gasteiger partial charge in [-0.3, -0.25) is 9.59 Å². The normalized spacial score (nSPS) is 10.4. The number of likely N-dealkylation sites (N-methyl/N-ethyl adjacent to an activating group) is 1. The Bertz CT molecular complexity index is 627. The van der Waals surface area contributed by atoms with Gasteiger partial charge in [0.1, 0.15) is 18.1 Å². The molecule has 0 atom stereocenters. The van der Waals surface area contributed by atoms with Crippen molar-refractivity contribution in [1.82, 2.24) is 9.47 Å². The van der Waals surface area contributed by atoms with Crippen LogP contribution >= 0.6 is 0 Å². The smallest absolute Gasteiger partial charge is 0.250 e. The molecule has 19 heavy (non-hydrogen) atoms. The van der Waals surface area contributed by atoms with Crippen LogP contribution in [0.15, 0.2) is 45.7 Å². The maximum Gasteiger partial charge on any atom is 0.250 e. The van der Waals surface area contributed by atoms with Crippen molar-refractivity contribution >= 4 is 5.91 Å². The first-order valence-corrected chi connectivity index (χ1v) is 6.01. The number of carbonyl (C=O) groups is 1. The maximum atomic E-state index is 12.0. The summed E-state index contributed by atoms with van der Waals surface area (Å²) in [6.45, 7) is 2.29. The van der Waals surface area contributed by atoms with Gasteiger partial charge in [-0.25, -0.2) is 0 Å². The van der Waals surface area contributed by atoms with Crippen LogP contribution in [0.2, 0.25) is 0 Å². The van der Waals surface area contributed by atoms with Gasteiger partial charge < -0.3 is 13.9 Å². The van der Waals surface area contributed by atoms with Crippen molar-refractivity contribution in [1.29, 1.82) is 0 Å². The van der Waals surface area contributed by atoms with Crippen LogP contribution in [0.25, 0.3) is 0 Å². The molecule has 2 rings (SSSR count). The van der Waals surface area contributed by atoms with Crippen molar-refractivity contribution in [3.8, 4) is 0 Å². The van der Waals surface area contributed by atoms with E-state index in [0.29, 0.717) is 6.54 Å². The zero-order chi connectivity index (χ0) is 13.8. The van der Waals surface area contributed by atoms with Crippen molar-refractivity contribution in [2.45, 2.75) is 20.0 Å². The Hall–Kier alpha value is -2.30. The zero-order valence-electron chi connectivity index (χ0n) is 11.0. The Kier molecular flexibility index (Phi) is 3.85. The molecule has 2 heterocycles. The summed E-state index contributed by atoms with van der Waals surface area (Å²) in [7, 11) is 1.69. The van der Waals surface area contributed by atoms with Crippen LogP contribution in [-0.4, -0.2) is 22.4 Å². The van der Waals surface area contributed by atoms with E-state index in [2.05, 4.69) is 0 Å². The van der Waals surface area contributed by atoms with Crippen LogP contribution in [0, 0.1) is 6.92 Å². The second kappa shape index (κ2) is 5.56. The SMILES string of the molecule is Cc1ccc(CN(C)C(=O)Cn2ccccc2=O)o1. The number of aromatic nitrogens is 1. The van der Waals surface area contributed by atoms with E-state index in [9.17, 15) is 9.59 Å². The molecule has 2 aromatic heterocycles. The summed E-state index contributed by atoms with van der Waals surface area (Å²) in [6.07, 6.45) is 1.60. The predicted molar refractivity (Wildman–Crippen MR) is 70.6 cm³/mol. The quantitative estimate of drug-likeness (QED) is 0.835. The number of nitrogens with zero attached hydrogens (tertiary/aromatic N) is 2. The summed E-state index contributed by atoms with van der Waals surface area (Å²) in [6, 6.07) is 8.51. The summed E-state index contributed by atoms with van der Waals surface area (Å²) < 4.78 is 6.80. The van der Waals surface area contributed by atoms with Gasteiger partial charge in [0.05, 0.1) is 6.54 Å². The molecule has 0 unspecified atom stereocenters. The van der Waals surface area contributed by atoms with Crippen LogP contribution in [0.5, 0.6) is 0 Å². The van der Waals surface area contributed by atoms with Gasteiger partial charge in [-0.05, 0) is 25.1 Å². The van der Waals surface area contributed by atoms with Crippen molar-refractivity contribution < 1.29 is 9.21 Å². The fraction of sp³-hybridized carbons (Fsp3) is 0.286. The minimum Gasteiger partial charge on any atom is -0.464 e. The van der Waals surface area contributed by atoms with Gasteiger partial charge in [-0.1, -0.05) is 6.07 Å². The lowest BCUT2D eigenvalue weighted by molar-refractivity contribution is -0.131. The number of furan rings is 1. The molecular formula is C14H16N2O3. The van der Waals surface area contributed by atoms with Gasteiger partial charge in [-0.2, -0.15) is 0 Å². The fourth-order valence-corrected chi connectivity index (χ4v) is 1.75. The van der Waals surface area contributed by atoms with Crippen LogP contribution in [-0.2, 0) is 17.9 Å². The second-order valence-electron chi connectivity index (χ2n) is 4.43. The van der Waals surface area contributed by atoms with Crippen LogP contribution in [0.4, 0.5) is 0 Å². The summed E-state index contributed by atoms with van der Waals surface area (Å²) >= 11 is 0. The number of hydrogen-bond donors (Lipinski definition) is 0. The Balaban J connectivity index is 2.00. The third kappa shape index (κ3) is 3.34. The molecule has 0 radical (unpaired) electrons. The average Bonchev–Trinajstić information content (AvgIpc) is 2.77. The van der Waals surface area contributed by atoms with E-state index >= 15 is 0 Å². The van der Waals surface area contributed by atoms with Gasteiger partial charge in [0.15, 0.2) is 0 Å². The topological polar surface area (TPSA) is 55.5 Å². The molecule has 100 valence electrons. The monoisotopic (exact) mass is 260 g/mol. The molecule has 5 heteroatoms. The Morgan fingerprint density at radius 3 is 2.74 bits per heavy atom. The summed E-state index contributed by atoms with van der Waals surface area (Å²) in [5.41, 5.74) is -0.182. The average molecular weight is 260 g/mol. The van der Waals surface area contributed by atoms with E-state index in [1.54, 1.807) is 25.4 Å². The van der Waals surface area contributed by atoms with Crippen molar-refractivity contribution in [2.24, 2.45) is 0 Å². The first-order valence-electron chi connectivity index (χ1n) is 6.01. The molecule has 1 amide bonds. The third-order valence-electron chi connectivity index (χ3n) is 2.82. The maximum absolute atomic E-state index is 12.0. The largest absolute Gasteiger partial charge is 0.464 e. The van der Waals surface area contributed by atoms with Crippen molar-refractivity contribution in [3.05, 3.63) is 58.4 Å². The first-order chi connectivity index (χ1) is 9.06.